The molecule has 1 aliphatic heterocycles. The quantitative estimate of drug-likeness (QED) is 0.606. The normalized spacial score (nSPS) is 22.2. The molecule has 0 amide bonds. The van der Waals surface area contributed by atoms with E-state index in [4.69, 9.17) is 26.1 Å². The average molecular weight is 400 g/mol. The van der Waals surface area contributed by atoms with E-state index < -0.39 is 29.0 Å². The summed E-state index contributed by atoms with van der Waals surface area (Å²) >= 11 is 7.90. The van der Waals surface area contributed by atoms with Crippen molar-refractivity contribution in [3.63, 3.8) is 0 Å². The molecule has 0 bridgehead atoms. The van der Waals surface area contributed by atoms with Gasteiger partial charge in [0.15, 0.2) is 3.95 Å². The molecule has 2 aromatic rings. The molecule has 0 spiro atoms. The Bertz CT molecular complexity index is 810. The van der Waals surface area contributed by atoms with Crippen LogP contribution in [-0.2, 0) is 19.1 Å². The lowest BCUT2D eigenvalue weighted by Gasteiger charge is -2.33. The third-order valence-electron chi connectivity index (χ3n) is 3.78. The summed E-state index contributed by atoms with van der Waals surface area (Å²) in [6, 6.07) is 3.55. The first-order valence-corrected chi connectivity index (χ1v) is 9.93. The van der Waals surface area contributed by atoms with Crippen molar-refractivity contribution in [3.05, 3.63) is 33.0 Å². The number of nitrogens with one attached hydrogen (secondary N) is 1. The minimum atomic E-state index is -0.746. The molecule has 0 saturated heterocycles. The molecule has 9 heteroatoms. The summed E-state index contributed by atoms with van der Waals surface area (Å²) in [7, 11) is 0. The summed E-state index contributed by atoms with van der Waals surface area (Å²) in [5.74, 6) is -1.49. The van der Waals surface area contributed by atoms with E-state index in [1.807, 2.05) is 0 Å². The molecule has 6 nitrogen and oxygen atoms in total. The fraction of sp³-hybridized carbons (Fsp3) is 0.438. The lowest BCUT2D eigenvalue weighted by atomic mass is 9.85. The third-order valence-corrected chi connectivity index (χ3v) is 6.53. The predicted octanol–water partition coefficient (Wildman–Crippen LogP) is 3.75. The molecule has 0 saturated carbocycles. The maximum atomic E-state index is 12.7. The van der Waals surface area contributed by atoms with Crippen molar-refractivity contribution in [1.82, 2.24) is 4.98 Å². The molecule has 0 aromatic carbocycles. The minimum Gasteiger partial charge on any atom is -0.469 e. The topological polar surface area (TPSA) is 81.5 Å². The van der Waals surface area contributed by atoms with Gasteiger partial charge >= 0.3 is 11.9 Å². The van der Waals surface area contributed by atoms with Crippen LogP contribution in [0.1, 0.15) is 30.4 Å². The van der Waals surface area contributed by atoms with E-state index in [1.165, 1.54) is 23.1 Å². The van der Waals surface area contributed by atoms with Crippen LogP contribution in [0, 0.1) is 9.87 Å². The van der Waals surface area contributed by atoms with Gasteiger partial charge in [0.25, 0.3) is 0 Å². The van der Waals surface area contributed by atoms with Crippen molar-refractivity contribution >= 4 is 47.3 Å². The van der Waals surface area contributed by atoms with Gasteiger partial charge in [0.1, 0.15) is 11.0 Å². The molecule has 3 heterocycles. The monoisotopic (exact) mass is 399 g/mol. The molecule has 0 fully saturated rings. The maximum Gasteiger partial charge on any atom is 0.320 e. The highest BCUT2D eigenvalue weighted by molar-refractivity contribution is 8.00. The number of thiazole rings is 1. The summed E-state index contributed by atoms with van der Waals surface area (Å²) < 4.78 is 16.6. The van der Waals surface area contributed by atoms with Crippen molar-refractivity contribution in [2.45, 2.75) is 30.0 Å². The van der Waals surface area contributed by atoms with Gasteiger partial charge in [-0.05, 0) is 38.2 Å². The number of ether oxygens (including phenoxy) is 2. The molecule has 1 N–H and O–H groups in total. The highest BCUT2D eigenvalue weighted by Crippen LogP contribution is 2.50. The Morgan fingerprint density at radius 1 is 1.28 bits per heavy atom. The number of aromatic nitrogens is 1. The number of furan rings is 1. The van der Waals surface area contributed by atoms with Gasteiger partial charge in [-0.1, -0.05) is 11.8 Å². The van der Waals surface area contributed by atoms with Crippen molar-refractivity contribution in [2.24, 2.45) is 5.92 Å². The molecule has 134 valence electrons. The van der Waals surface area contributed by atoms with Crippen LogP contribution in [0.4, 0.5) is 0 Å². The van der Waals surface area contributed by atoms with Crippen LogP contribution in [0.2, 0.25) is 0 Å². The lowest BCUT2D eigenvalue weighted by Crippen LogP contribution is -2.41. The summed E-state index contributed by atoms with van der Waals surface area (Å²) in [5, 5.41) is 0.0388. The van der Waals surface area contributed by atoms with Gasteiger partial charge in [-0.25, -0.2) is 0 Å². The number of hydrogen-bond acceptors (Lipinski definition) is 8. The smallest absolute Gasteiger partial charge is 0.320 e. The lowest BCUT2D eigenvalue weighted by molar-refractivity contribution is -0.154. The van der Waals surface area contributed by atoms with Gasteiger partial charge in [0.05, 0.1) is 36.3 Å². The second-order valence-corrected chi connectivity index (χ2v) is 8.14. The molecule has 0 radical (unpaired) electrons. The van der Waals surface area contributed by atoms with Crippen molar-refractivity contribution in [2.75, 3.05) is 13.2 Å². The van der Waals surface area contributed by atoms with Crippen molar-refractivity contribution in [3.8, 4) is 0 Å². The van der Waals surface area contributed by atoms with Crippen LogP contribution in [-0.4, -0.2) is 35.4 Å². The number of H-pyrrole nitrogens is 1. The zero-order chi connectivity index (χ0) is 18.0. The number of esters is 2. The molecule has 0 aliphatic carbocycles. The number of aromatic amines is 1. The maximum absolute atomic E-state index is 12.7. The van der Waals surface area contributed by atoms with Crippen LogP contribution in [0.5, 0.6) is 0 Å². The van der Waals surface area contributed by atoms with Gasteiger partial charge in [-0.3, -0.25) is 9.59 Å². The molecule has 25 heavy (non-hydrogen) atoms. The molecule has 3 rings (SSSR count). The Hall–Kier alpha value is -1.58. The molecule has 3 unspecified atom stereocenters. The Labute approximate surface area is 157 Å². The second kappa shape index (κ2) is 7.76. The van der Waals surface area contributed by atoms with Crippen LogP contribution in [0.15, 0.2) is 27.8 Å². The average Bonchev–Trinajstić information content (AvgIpc) is 3.21. The first-order chi connectivity index (χ1) is 12.1. The highest BCUT2D eigenvalue weighted by atomic mass is 32.2. The molecular formula is C16H17NO5S3. The number of thioether (sulfide) groups is 1. The standard InChI is InChI=1S/C16H17NO5S3/c1-3-20-14(18)10-9(8-6-5-7-22-8)11-13(17-16(23)25-11)24-12(10)15(19)21-4-2/h5-7,9-10,12H,3-4H2,1-2H3,(H,17,23). The summed E-state index contributed by atoms with van der Waals surface area (Å²) in [5.41, 5.74) is 0. The first kappa shape index (κ1) is 18.2. The van der Waals surface area contributed by atoms with Gasteiger partial charge in [0.2, 0.25) is 0 Å². The Kier molecular flexibility index (Phi) is 5.65. The summed E-state index contributed by atoms with van der Waals surface area (Å²) in [6.45, 7) is 3.94. The van der Waals surface area contributed by atoms with Gasteiger partial charge in [-0.15, -0.1) is 11.3 Å². The third kappa shape index (κ3) is 3.54. The molecule has 3 atom stereocenters. The fourth-order valence-corrected chi connectivity index (χ4v) is 5.74. The van der Waals surface area contributed by atoms with Crippen LogP contribution < -0.4 is 0 Å². The van der Waals surface area contributed by atoms with E-state index in [0.29, 0.717) is 9.71 Å². The first-order valence-electron chi connectivity index (χ1n) is 7.83. The fourth-order valence-electron chi connectivity index (χ4n) is 2.85. The molecule has 2 aromatic heterocycles. The molecular weight excluding hydrogens is 382 g/mol. The van der Waals surface area contributed by atoms with E-state index in [9.17, 15) is 9.59 Å². The number of carbonyl (C=O) groups is 2. The van der Waals surface area contributed by atoms with E-state index in [2.05, 4.69) is 4.98 Å². The Morgan fingerprint density at radius 2 is 2.00 bits per heavy atom. The SMILES string of the molecule is CCOC(=O)C1Sc2[nH]c(=S)sc2C(c2ccco2)C1C(=O)OCC. The van der Waals surface area contributed by atoms with E-state index >= 15 is 0 Å². The van der Waals surface area contributed by atoms with Gasteiger partial charge in [-0.2, -0.15) is 0 Å². The largest absolute Gasteiger partial charge is 0.469 e. The van der Waals surface area contributed by atoms with Crippen LogP contribution in [0.3, 0.4) is 0 Å². The second-order valence-electron chi connectivity index (χ2n) is 5.27. The highest BCUT2D eigenvalue weighted by Gasteiger charge is 2.49. The Balaban J connectivity index is 2.12. The number of fused-ring (bicyclic) bond motifs is 1. The number of hydrogen-bond donors (Lipinski definition) is 1. The van der Waals surface area contributed by atoms with Gasteiger partial charge < -0.3 is 18.9 Å². The Morgan fingerprint density at radius 3 is 2.64 bits per heavy atom. The van der Waals surface area contributed by atoms with E-state index in [1.54, 1.807) is 32.2 Å². The van der Waals surface area contributed by atoms with E-state index in [0.717, 1.165) is 9.90 Å². The van der Waals surface area contributed by atoms with Crippen molar-refractivity contribution in [1.29, 1.82) is 0 Å². The van der Waals surface area contributed by atoms with Crippen molar-refractivity contribution < 1.29 is 23.5 Å². The summed E-state index contributed by atoms with van der Waals surface area (Å²) in [6.07, 6.45) is 1.55. The van der Waals surface area contributed by atoms with Crippen LogP contribution in [0.25, 0.3) is 0 Å². The molecule has 1 aliphatic rings. The van der Waals surface area contributed by atoms with Gasteiger partial charge in [0, 0.05) is 4.88 Å². The van der Waals surface area contributed by atoms with Crippen LogP contribution >= 0.6 is 35.3 Å². The van der Waals surface area contributed by atoms with E-state index in [-0.39, 0.29) is 13.2 Å². The zero-order valence-electron chi connectivity index (χ0n) is 13.6. The predicted molar refractivity (Wildman–Crippen MR) is 96.5 cm³/mol. The zero-order valence-corrected chi connectivity index (χ0v) is 16.1. The summed E-state index contributed by atoms with van der Waals surface area (Å²) in [4.78, 5) is 29.2. The minimum absolute atomic E-state index is 0.232. The number of rotatable bonds is 5. The number of carbonyl (C=O) groups excluding carboxylic acids is 2.